The molecule has 0 aromatic heterocycles. The molecule has 2 saturated carbocycles. The van der Waals surface area contributed by atoms with Gasteiger partial charge in [0.05, 0.1) is 12.6 Å². The molecule has 126 valence electrons. The van der Waals surface area contributed by atoms with Crippen LogP contribution in [0.15, 0.2) is 24.3 Å². The van der Waals surface area contributed by atoms with Crippen molar-refractivity contribution in [3.05, 3.63) is 34.9 Å². The number of hydrogen-bond donors (Lipinski definition) is 2. The minimum absolute atomic E-state index is 0.0633. The Morgan fingerprint density at radius 3 is 2.57 bits per heavy atom. The number of urea groups is 1. The van der Waals surface area contributed by atoms with Crippen molar-refractivity contribution >= 4 is 17.6 Å². The van der Waals surface area contributed by atoms with Crippen LogP contribution in [0.25, 0.3) is 0 Å². The van der Waals surface area contributed by atoms with Gasteiger partial charge in [-0.3, -0.25) is 0 Å². The second-order valence-corrected chi connectivity index (χ2v) is 7.08. The second-order valence-electron chi connectivity index (χ2n) is 6.64. The molecule has 1 aromatic rings. The summed E-state index contributed by atoms with van der Waals surface area (Å²) in [5.41, 5.74) is 1.12. The van der Waals surface area contributed by atoms with Crippen molar-refractivity contribution in [3.63, 3.8) is 0 Å². The van der Waals surface area contributed by atoms with Gasteiger partial charge in [0.25, 0.3) is 0 Å². The Balaban J connectivity index is 1.45. The van der Waals surface area contributed by atoms with Crippen LogP contribution in [-0.2, 0) is 4.74 Å². The number of amides is 2. The molecule has 0 bridgehead atoms. The van der Waals surface area contributed by atoms with Crippen molar-refractivity contribution in [3.8, 4) is 0 Å². The highest BCUT2D eigenvalue weighted by Gasteiger charge is 2.29. The Bertz CT molecular complexity index is 512. The number of rotatable bonds is 8. The van der Waals surface area contributed by atoms with Crippen molar-refractivity contribution in [2.75, 3.05) is 19.8 Å². The lowest BCUT2D eigenvalue weighted by molar-refractivity contribution is 0.126. The summed E-state index contributed by atoms with van der Waals surface area (Å²) in [5, 5.41) is 6.73. The average molecular weight is 337 g/mol. The van der Waals surface area contributed by atoms with Crippen molar-refractivity contribution in [2.24, 2.45) is 11.8 Å². The van der Waals surface area contributed by atoms with E-state index in [1.165, 1.54) is 19.3 Å². The van der Waals surface area contributed by atoms with Crippen molar-refractivity contribution < 1.29 is 9.53 Å². The number of carbonyl (C=O) groups excluding carboxylic acids is 1. The lowest BCUT2D eigenvalue weighted by Crippen LogP contribution is -2.43. The fourth-order valence-corrected chi connectivity index (χ4v) is 3.01. The molecule has 0 heterocycles. The summed E-state index contributed by atoms with van der Waals surface area (Å²) < 4.78 is 5.53. The van der Waals surface area contributed by atoms with Crippen molar-refractivity contribution in [1.29, 1.82) is 0 Å². The lowest BCUT2D eigenvalue weighted by Gasteiger charge is -2.34. The first-order valence-electron chi connectivity index (χ1n) is 8.60. The SMILES string of the molecule is O=C(NCCOCC1CC1)NC(c1ccc(Cl)cc1)C1CCC1. The number of benzene rings is 1. The molecule has 1 atom stereocenters. The van der Waals surface area contributed by atoms with Crippen LogP contribution >= 0.6 is 11.6 Å². The zero-order valence-corrected chi connectivity index (χ0v) is 14.1. The highest BCUT2D eigenvalue weighted by molar-refractivity contribution is 6.30. The van der Waals surface area contributed by atoms with Gasteiger partial charge in [-0.2, -0.15) is 0 Å². The molecule has 2 N–H and O–H groups in total. The van der Waals surface area contributed by atoms with Crippen LogP contribution in [0.5, 0.6) is 0 Å². The Hall–Kier alpha value is -1.26. The van der Waals surface area contributed by atoms with E-state index in [-0.39, 0.29) is 12.1 Å². The highest BCUT2D eigenvalue weighted by atomic mass is 35.5. The summed E-state index contributed by atoms with van der Waals surface area (Å²) >= 11 is 5.96. The molecule has 0 radical (unpaired) electrons. The molecule has 2 fully saturated rings. The standard InChI is InChI=1S/C18H25ClN2O2/c19-16-8-6-15(7-9-16)17(14-2-1-3-14)21-18(22)20-10-11-23-12-13-4-5-13/h6-9,13-14,17H,1-5,10-12H2,(H2,20,21,22). The second kappa shape index (κ2) is 8.02. The fourth-order valence-electron chi connectivity index (χ4n) is 2.88. The molecule has 0 saturated heterocycles. The first-order chi connectivity index (χ1) is 11.2. The number of hydrogen-bond acceptors (Lipinski definition) is 2. The van der Waals surface area contributed by atoms with E-state index in [0.29, 0.717) is 19.1 Å². The fraction of sp³-hybridized carbons (Fsp3) is 0.611. The largest absolute Gasteiger partial charge is 0.379 e. The number of nitrogens with one attached hydrogen (secondary N) is 2. The van der Waals surface area contributed by atoms with Crippen LogP contribution in [0, 0.1) is 11.8 Å². The van der Waals surface area contributed by atoms with Gasteiger partial charge in [-0.1, -0.05) is 30.2 Å². The van der Waals surface area contributed by atoms with E-state index in [1.54, 1.807) is 0 Å². The van der Waals surface area contributed by atoms with E-state index in [2.05, 4.69) is 10.6 Å². The highest BCUT2D eigenvalue weighted by Crippen LogP contribution is 2.37. The Labute approximate surface area is 142 Å². The van der Waals surface area contributed by atoms with Gasteiger partial charge in [0.1, 0.15) is 0 Å². The zero-order valence-electron chi connectivity index (χ0n) is 13.4. The summed E-state index contributed by atoms with van der Waals surface area (Å²) in [5.74, 6) is 1.28. The van der Waals surface area contributed by atoms with Gasteiger partial charge in [-0.25, -0.2) is 4.79 Å². The van der Waals surface area contributed by atoms with Gasteiger partial charge in [-0.15, -0.1) is 0 Å². The summed E-state index contributed by atoms with van der Waals surface area (Å²) in [6.45, 7) is 1.97. The van der Waals surface area contributed by atoms with E-state index in [9.17, 15) is 4.79 Å². The monoisotopic (exact) mass is 336 g/mol. The topological polar surface area (TPSA) is 50.4 Å². The van der Waals surface area contributed by atoms with Crippen LogP contribution < -0.4 is 10.6 Å². The minimum Gasteiger partial charge on any atom is -0.379 e. The van der Waals surface area contributed by atoms with Gasteiger partial charge in [0.2, 0.25) is 0 Å². The lowest BCUT2D eigenvalue weighted by atomic mass is 9.77. The van der Waals surface area contributed by atoms with Crippen LogP contribution in [0.2, 0.25) is 5.02 Å². The zero-order chi connectivity index (χ0) is 16.1. The normalized spacial score (nSPS) is 19.0. The number of ether oxygens (including phenoxy) is 1. The third kappa shape index (κ3) is 5.11. The molecule has 2 aliphatic rings. The summed E-state index contributed by atoms with van der Waals surface area (Å²) in [6.07, 6.45) is 6.15. The smallest absolute Gasteiger partial charge is 0.315 e. The maximum atomic E-state index is 12.1. The molecule has 2 amide bonds. The number of carbonyl (C=O) groups is 1. The van der Waals surface area contributed by atoms with Crippen LogP contribution in [0.4, 0.5) is 4.79 Å². The molecular formula is C18H25ClN2O2. The summed E-state index contributed by atoms with van der Waals surface area (Å²) in [6, 6.07) is 7.72. The minimum atomic E-state index is -0.119. The molecule has 3 rings (SSSR count). The van der Waals surface area contributed by atoms with Gasteiger partial charge >= 0.3 is 6.03 Å². The molecule has 5 heteroatoms. The maximum absolute atomic E-state index is 12.1. The molecular weight excluding hydrogens is 312 g/mol. The molecule has 23 heavy (non-hydrogen) atoms. The molecule has 0 aliphatic heterocycles. The van der Waals surface area contributed by atoms with Crippen molar-refractivity contribution in [2.45, 2.75) is 38.1 Å². The Kier molecular flexibility index (Phi) is 5.79. The van der Waals surface area contributed by atoms with E-state index in [4.69, 9.17) is 16.3 Å². The molecule has 4 nitrogen and oxygen atoms in total. The molecule has 2 aliphatic carbocycles. The van der Waals surface area contributed by atoms with E-state index < -0.39 is 0 Å². The Morgan fingerprint density at radius 1 is 1.22 bits per heavy atom. The van der Waals surface area contributed by atoms with E-state index in [0.717, 1.165) is 36.0 Å². The van der Waals surface area contributed by atoms with Crippen LogP contribution in [0.1, 0.15) is 43.7 Å². The van der Waals surface area contributed by atoms with E-state index >= 15 is 0 Å². The molecule has 0 spiro atoms. The van der Waals surface area contributed by atoms with E-state index in [1.807, 2.05) is 24.3 Å². The summed E-state index contributed by atoms with van der Waals surface area (Å²) in [4.78, 5) is 12.1. The molecule has 1 unspecified atom stereocenters. The quantitative estimate of drug-likeness (QED) is 0.707. The molecule has 1 aromatic carbocycles. The van der Waals surface area contributed by atoms with Crippen LogP contribution in [0.3, 0.4) is 0 Å². The third-order valence-corrected chi connectivity index (χ3v) is 4.97. The van der Waals surface area contributed by atoms with Gasteiger partial charge in [0, 0.05) is 18.2 Å². The average Bonchev–Trinajstić information content (AvgIpc) is 3.29. The van der Waals surface area contributed by atoms with Gasteiger partial charge < -0.3 is 15.4 Å². The van der Waals surface area contributed by atoms with Gasteiger partial charge in [-0.05, 0) is 55.2 Å². The van der Waals surface area contributed by atoms with Gasteiger partial charge in [0.15, 0.2) is 0 Å². The number of halogens is 1. The Morgan fingerprint density at radius 2 is 1.96 bits per heavy atom. The first kappa shape index (κ1) is 16.6. The maximum Gasteiger partial charge on any atom is 0.315 e. The van der Waals surface area contributed by atoms with Crippen molar-refractivity contribution in [1.82, 2.24) is 10.6 Å². The van der Waals surface area contributed by atoms with Crippen LogP contribution in [-0.4, -0.2) is 25.8 Å². The first-order valence-corrected chi connectivity index (χ1v) is 8.98. The predicted octanol–water partition coefficient (Wildman–Crippen LogP) is 3.91. The predicted molar refractivity (Wildman–Crippen MR) is 91.6 cm³/mol. The third-order valence-electron chi connectivity index (χ3n) is 4.72. The summed E-state index contributed by atoms with van der Waals surface area (Å²) in [7, 11) is 0.